The van der Waals surface area contributed by atoms with Crippen molar-refractivity contribution in [3.63, 3.8) is 0 Å². The molecule has 0 saturated carbocycles. The van der Waals surface area contributed by atoms with Crippen LogP contribution in [0.15, 0.2) is 12.1 Å². The van der Waals surface area contributed by atoms with Crippen molar-refractivity contribution in [3.05, 3.63) is 28.8 Å². The summed E-state index contributed by atoms with van der Waals surface area (Å²) in [6.45, 7) is 5.28. The number of hydrogen-bond donors (Lipinski definition) is 2. The van der Waals surface area contributed by atoms with Gasteiger partial charge in [0.25, 0.3) is 0 Å². The lowest BCUT2D eigenvalue weighted by Crippen LogP contribution is -2.18. The van der Waals surface area contributed by atoms with E-state index >= 15 is 0 Å². The van der Waals surface area contributed by atoms with Gasteiger partial charge in [-0.2, -0.15) is 0 Å². The molecule has 0 unspecified atom stereocenters. The van der Waals surface area contributed by atoms with Gasteiger partial charge in [0.2, 0.25) is 5.91 Å². The molecule has 0 aliphatic carbocycles. The maximum atomic E-state index is 11.1. The van der Waals surface area contributed by atoms with E-state index in [9.17, 15) is 9.59 Å². The van der Waals surface area contributed by atoms with E-state index < -0.39 is 18.0 Å². The third kappa shape index (κ3) is 3.48. The van der Waals surface area contributed by atoms with Gasteiger partial charge >= 0.3 is 5.97 Å². The van der Waals surface area contributed by atoms with E-state index in [1.54, 1.807) is 32.9 Å². The van der Waals surface area contributed by atoms with Gasteiger partial charge in [0.1, 0.15) is 11.9 Å². The molecule has 5 nitrogen and oxygen atoms in total. The summed E-state index contributed by atoms with van der Waals surface area (Å²) in [6, 6.07) is 3.27. The highest BCUT2D eigenvalue weighted by Gasteiger charge is 2.14. The van der Waals surface area contributed by atoms with Crippen LogP contribution in [0.3, 0.4) is 0 Å². The maximum Gasteiger partial charge on any atom is 0.307 e. The number of nitrogens with two attached hydrogens (primary N) is 1. The number of rotatable bonds is 5. The number of amides is 1. The Balaban J connectivity index is 2.96. The van der Waals surface area contributed by atoms with Crippen molar-refractivity contribution in [3.8, 4) is 5.75 Å². The first-order valence-electron chi connectivity index (χ1n) is 5.60. The first kappa shape index (κ1) is 14.0. The van der Waals surface area contributed by atoms with Crippen molar-refractivity contribution < 1.29 is 19.4 Å². The molecule has 18 heavy (non-hydrogen) atoms. The minimum Gasteiger partial charge on any atom is -0.490 e. The number of ether oxygens (including phenoxy) is 1. The van der Waals surface area contributed by atoms with Gasteiger partial charge in [0, 0.05) is 5.56 Å². The van der Waals surface area contributed by atoms with Crippen molar-refractivity contribution in [1.29, 1.82) is 0 Å². The molecule has 0 aliphatic heterocycles. The molecule has 1 amide bonds. The van der Waals surface area contributed by atoms with Crippen molar-refractivity contribution in [1.82, 2.24) is 0 Å². The number of aliphatic carboxylic acids is 1. The van der Waals surface area contributed by atoms with E-state index in [1.165, 1.54) is 0 Å². The molecule has 0 heterocycles. The van der Waals surface area contributed by atoms with Crippen molar-refractivity contribution in [2.24, 2.45) is 5.73 Å². The fourth-order valence-corrected chi connectivity index (χ4v) is 1.77. The lowest BCUT2D eigenvalue weighted by atomic mass is 10.1. The van der Waals surface area contributed by atoms with Crippen LogP contribution in [0.1, 0.15) is 34.8 Å². The maximum absolute atomic E-state index is 11.1. The number of benzene rings is 1. The van der Waals surface area contributed by atoms with Crippen molar-refractivity contribution >= 4 is 11.9 Å². The van der Waals surface area contributed by atoms with Crippen LogP contribution in [0, 0.1) is 13.8 Å². The van der Waals surface area contributed by atoms with Gasteiger partial charge < -0.3 is 15.6 Å². The third-order valence-corrected chi connectivity index (χ3v) is 2.53. The Hall–Kier alpha value is -2.04. The first-order valence-corrected chi connectivity index (χ1v) is 5.60. The Labute approximate surface area is 106 Å². The predicted octanol–water partition coefficient (Wildman–Crippen LogP) is 1.64. The summed E-state index contributed by atoms with van der Waals surface area (Å²) in [7, 11) is 0. The van der Waals surface area contributed by atoms with Crippen LogP contribution >= 0.6 is 0 Å². The Bertz CT molecular complexity index is 459. The second-order valence-corrected chi connectivity index (χ2v) is 4.33. The van der Waals surface area contributed by atoms with Gasteiger partial charge in [-0.3, -0.25) is 9.59 Å². The zero-order chi connectivity index (χ0) is 13.9. The van der Waals surface area contributed by atoms with Crippen molar-refractivity contribution in [2.45, 2.75) is 33.3 Å². The average molecular weight is 251 g/mol. The third-order valence-electron chi connectivity index (χ3n) is 2.53. The van der Waals surface area contributed by atoms with Gasteiger partial charge in [-0.1, -0.05) is 0 Å². The summed E-state index contributed by atoms with van der Waals surface area (Å²) in [5, 5.41) is 8.68. The number of carboxylic acid groups (broad SMARTS) is 1. The highest BCUT2D eigenvalue weighted by molar-refractivity contribution is 5.93. The van der Waals surface area contributed by atoms with E-state index in [0.29, 0.717) is 11.3 Å². The molecule has 5 heteroatoms. The summed E-state index contributed by atoms with van der Waals surface area (Å²) < 4.78 is 5.59. The zero-order valence-corrected chi connectivity index (χ0v) is 10.7. The largest absolute Gasteiger partial charge is 0.490 e. The molecule has 0 spiro atoms. The Kier molecular flexibility index (Phi) is 4.31. The molecule has 0 bridgehead atoms. The van der Waals surface area contributed by atoms with Crippen LogP contribution in [0.5, 0.6) is 5.75 Å². The molecule has 0 fully saturated rings. The molecule has 1 rings (SSSR count). The highest BCUT2D eigenvalue weighted by Crippen LogP contribution is 2.26. The van der Waals surface area contributed by atoms with Gasteiger partial charge in [0.05, 0.1) is 6.42 Å². The molecule has 0 aliphatic rings. The highest BCUT2D eigenvalue weighted by atomic mass is 16.5. The number of aryl methyl sites for hydroxylation is 2. The zero-order valence-electron chi connectivity index (χ0n) is 10.7. The van der Waals surface area contributed by atoms with Crippen LogP contribution in [0.2, 0.25) is 0 Å². The van der Waals surface area contributed by atoms with Crippen LogP contribution in [0.4, 0.5) is 0 Å². The number of carboxylic acids is 1. The number of carbonyl (C=O) groups is 2. The van der Waals surface area contributed by atoms with E-state index in [-0.39, 0.29) is 6.42 Å². The topological polar surface area (TPSA) is 89.6 Å². The summed E-state index contributed by atoms with van der Waals surface area (Å²) in [6.07, 6.45) is -0.504. The van der Waals surface area contributed by atoms with Gasteiger partial charge in [-0.05, 0) is 44.0 Å². The van der Waals surface area contributed by atoms with Crippen LogP contribution < -0.4 is 10.5 Å². The standard InChI is InChI=1S/C13H17NO4/c1-7-4-10(13(14)17)5-8(2)12(7)18-9(3)6-11(15)16/h4-5,9H,6H2,1-3H3,(H2,14,17)(H,15,16)/t9-/m1/s1. The molecule has 0 saturated heterocycles. The lowest BCUT2D eigenvalue weighted by Gasteiger charge is -2.17. The molecular formula is C13H17NO4. The second-order valence-electron chi connectivity index (χ2n) is 4.33. The summed E-state index contributed by atoms with van der Waals surface area (Å²) in [5.41, 5.74) is 7.16. The minimum absolute atomic E-state index is 0.0730. The molecule has 0 radical (unpaired) electrons. The molecule has 3 N–H and O–H groups in total. The van der Waals surface area contributed by atoms with Crippen LogP contribution in [-0.2, 0) is 4.79 Å². The van der Waals surface area contributed by atoms with Crippen molar-refractivity contribution in [2.75, 3.05) is 0 Å². The fourth-order valence-electron chi connectivity index (χ4n) is 1.77. The quantitative estimate of drug-likeness (QED) is 0.832. The fraction of sp³-hybridized carbons (Fsp3) is 0.385. The van der Waals surface area contributed by atoms with E-state index in [0.717, 1.165) is 11.1 Å². The van der Waals surface area contributed by atoms with Crippen LogP contribution in [-0.4, -0.2) is 23.1 Å². The molecule has 1 aromatic rings. The van der Waals surface area contributed by atoms with E-state index in [1.807, 2.05) is 0 Å². The molecule has 1 atom stereocenters. The van der Waals surface area contributed by atoms with Gasteiger partial charge in [-0.15, -0.1) is 0 Å². The van der Waals surface area contributed by atoms with Crippen LogP contribution in [0.25, 0.3) is 0 Å². The summed E-state index contributed by atoms with van der Waals surface area (Å²) in [5.74, 6) is -0.799. The van der Waals surface area contributed by atoms with E-state index in [2.05, 4.69) is 0 Å². The smallest absolute Gasteiger partial charge is 0.307 e. The normalized spacial score (nSPS) is 11.9. The Morgan fingerprint density at radius 1 is 1.33 bits per heavy atom. The van der Waals surface area contributed by atoms with E-state index in [4.69, 9.17) is 15.6 Å². The first-order chi connectivity index (χ1) is 8.31. The second kappa shape index (κ2) is 5.53. The number of hydrogen-bond acceptors (Lipinski definition) is 3. The minimum atomic E-state index is -0.911. The van der Waals surface area contributed by atoms with Gasteiger partial charge in [-0.25, -0.2) is 0 Å². The average Bonchev–Trinajstić information content (AvgIpc) is 2.21. The lowest BCUT2D eigenvalue weighted by molar-refractivity contribution is -0.138. The monoisotopic (exact) mass is 251 g/mol. The molecule has 98 valence electrons. The molecular weight excluding hydrogens is 234 g/mol. The Morgan fingerprint density at radius 3 is 2.22 bits per heavy atom. The number of carbonyl (C=O) groups excluding carboxylic acids is 1. The molecule has 0 aromatic heterocycles. The predicted molar refractivity (Wildman–Crippen MR) is 66.8 cm³/mol. The van der Waals surface area contributed by atoms with Gasteiger partial charge in [0.15, 0.2) is 0 Å². The number of primary amides is 1. The summed E-state index contributed by atoms with van der Waals surface area (Å²) >= 11 is 0. The SMILES string of the molecule is Cc1cc(C(N)=O)cc(C)c1O[C@H](C)CC(=O)O. The Morgan fingerprint density at radius 2 is 1.83 bits per heavy atom. The molecule has 1 aromatic carbocycles. The summed E-state index contributed by atoms with van der Waals surface area (Å²) in [4.78, 5) is 21.7.